The fourth-order valence-corrected chi connectivity index (χ4v) is 4.40. The highest BCUT2D eigenvalue weighted by molar-refractivity contribution is 7.80. The van der Waals surface area contributed by atoms with Gasteiger partial charge in [-0.2, -0.15) is 0 Å². The minimum atomic E-state index is -0.107. The number of carbonyl (C=O) groups is 1. The van der Waals surface area contributed by atoms with Crippen molar-refractivity contribution in [1.82, 2.24) is 10.3 Å². The van der Waals surface area contributed by atoms with Gasteiger partial charge in [0.25, 0.3) is 0 Å². The van der Waals surface area contributed by atoms with Crippen LogP contribution in [0.25, 0.3) is 21.0 Å². The molecule has 29 heavy (non-hydrogen) atoms. The SMILES string of the molecule is CC(=O)Nc1ccc(-c2cnc(-c3ccc(NC(=S)NC(C)C)cc3)s2)c(S)c1. The predicted molar refractivity (Wildman–Crippen MR) is 129 cm³/mol. The Morgan fingerprint density at radius 3 is 2.41 bits per heavy atom. The highest BCUT2D eigenvalue weighted by atomic mass is 32.1. The monoisotopic (exact) mass is 442 g/mol. The Morgan fingerprint density at radius 2 is 1.79 bits per heavy atom. The Hall–Kier alpha value is -2.42. The molecule has 0 saturated carbocycles. The van der Waals surface area contributed by atoms with Crippen molar-refractivity contribution in [3.8, 4) is 21.0 Å². The standard InChI is InChI=1S/C21H22N4OS3/c1-12(2)23-21(28)25-15-6-4-14(5-7-15)20-22-11-19(29-20)17-9-8-16(10-18(17)27)24-13(3)26/h4-12,27H,1-3H3,(H,24,26)(H2,23,25,28). The largest absolute Gasteiger partial charge is 0.360 e. The summed E-state index contributed by atoms with van der Waals surface area (Å²) in [7, 11) is 0. The van der Waals surface area contributed by atoms with Crippen molar-refractivity contribution < 1.29 is 4.79 Å². The zero-order chi connectivity index (χ0) is 21.0. The maximum atomic E-state index is 11.2. The van der Waals surface area contributed by atoms with Crippen LogP contribution in [-0.2, 0) is 4.79 Å². The summed E-state index contributed by atoms with van der Waals surface area (Å²) in [6.07, 6.45) is 1.85. The summed E-state index contributed by atoms with van der Waals surface area (Å²) in [6.45, 7) is 5.57. The van der Waals surface area contributed by atoms with Gasteiger partial charge in [-0.1, -0.05) is 6.07 Å². The van der Waals surface area contributed by atoms with E-state index in [-0.39, 0.29) is 11.9 Å². The number of thiocarbonyl (C=S) groups is 1. The number of rotatable bonds is 5. The molecule has 1 amide bonds. The van der Waals surface area contributed by atoms with Crippen LogP contribution in [0.4, 0.5) is 11.4 Å². The predicted octanol–water partition coefficient (Wildman–Crippen LogP) is 5.42. The van der Waals surface area contributed by atoms with Crippen LogP contribution in [0, 0.1) is 0 Å². The highest BCUT2D eigenvalue weighted by Gasteiger charge is 2.10. The molecule has 5 nitrogen and oxygen atoms in total. The van der Waals surface area contributed by atoms with Crippen LogP contribution < -0.4 is 16.0 Å². The van der Waals surface area contributed by atoms with Crippen molar-refractivity contribution in [1.29, 1.82) is 0 Å². The molecule has 0 aliphatic carbocycles. The van der Waals surface area contributed by atoms with Crippen LogP contribution in [0.2, 0.25) is 0 Å². The number of benzene rings is 2. The third kappa shape index (κ3) is 5.79. The molecule has 3 aromatic rings. The molecule has 0 atom stereocenters. The number of hydrogen-bond acceptors (Lipinski definition) is 5. The second-order valence-electron chi connectivity index (χ2n) is 6.77. The molecule has 0 aliphatic rings. The number of hydrogen-bond donors (Lipinski definition) is 4. The molecule has 150 valence electrons. The zero-order valence-corrected chi connectivity index (χ0v) is 18.8. The molecule has 3 rings (SSSR count). The second kappa shape index (κ2) is 9.39. The molecule has 1 aromatic heterocycles. The molecule has 2 aromatic carbocycles. The van der Waals surface area contributed by atoms with E-state index in [2.05, 4.69) is 33.6 Å². The van der Waals surface area contributed by atoms with E-state index in [0.29, 0.717) is 5.11 Å². The first-order chi connectivity index (χ1) is 13.8. The second-order valence-corrected chi connectivity index (χ2v) is 8.69. The lowest BCUT2D eigenvalue weighted by atomic mass is 10.2. The zero-order valence-electron chi connectivity index (χ0n) is 16.3. The average molecular weight is 443 g/mol. The van der Waals surface area contributed by atoms with Gasteiger partial charge in [0.1, 0.15) is 5.01 Å². The molecule has 0 radical (unpaired) electrons. The van der Waals surface area contributed by atoms with Gasteiger partial charge in [-0.25, -0.2) is 4.98 Å². The van der Waals surface area contributed by atoms with Crippen LogP contribution >= 0.6 is 36.2 Å². The number of thiol groups is 1. The molecule has 1 heterocycles. The summed E-state index contributed by atoms with van der Waals surface area (Å²) < 4.78 is 0. The van der Waals surface area contributed by atoms with Gasteiger partial charge < -0.3 is 16.0 Å². The molecule has 0 saturated heterocycles. The molecule has 3 N–H and O–H groups in total. The first-order valence-electron chi connectivity index (χ1n) is 9.06. The molecular weight excluding hydrogens is 420 g/mol. The number of amides is 1. The van der Waals surface area contributed by atoms with Crippen molar-refractivity contribution in [3.63, 3.8) is 0 Å². The smallest absolute Gasteiger partial charge is 0.221 e. The average Bonchev–Trinajstić information content (AvgIpc) is 3.11. The van der Waals surface area contributed by atoms with Gasteiger partial charge in [-0.15, -0.1) is 24.0 Å². The maximum absolute atomic E-state index is 11.2. The van der Waals surface area contributed by atoms with Crippen molar-refractivity contribution in [2.75, 3.05) is 10.6 Å². The fourth-order valence-electron chi connectivity index (χ4n) is 2.68. The van der Waals surface area contributed by atoms with Crippen LogP contribution in [0.1, 0.15) is 20.8 Å². The van der Waals surface area contributed by atoms with E-state index in [9.17, 15) is 4.79 Å². The molecule has 0 bridgehead atoms. The van der Waals surface area contributed by atoms with E-state index < -0.39 is 0 Å². The summed E-state index contributed by atoms with van der Waals surface area (Å²) >= 11 is 11.4. The van der Waals surface area contributed by atoms with Gasteiger partial charge in [-0.05, 0) is 62.5 Å². The Morgan fingerprint density at radius 1 is 1.10 bits per heavy atom. The lowest BCUT2D eigenvalue weighted by molar-refractivity contribution is -0.114. The summed E-state index contributed by atoms with van der Waals surface area (Å²) in [5, 5.41) is 10.6. The van der Waals surface area contributed by atoms with Gasteiger partial charge in [0, 0.05) is 46.6 Å². The van der Waals surface area contributed by atoms with Gasteiger partial charge in [0.05, 0.1) is 4.88 Å². The maximum Gasteiger partial charge on any atom is 0.221 e. The van der Waals surface area contributed by atoms with Crippen molar-refractivity contribution in [2.45, 2.75) is 31.7 Å². The molecule has 8 heteroatoms. The van der Waals surface area contributed by atoms with Gasteiger partial charge >= 0.3 is 0 Å². The van der Waals surface area contributed by atoms with Gasteiger partial charge in [0.15, 0.2) is 5.11 Å². The van der Waals surface area contributed by atoms with E-state index in [1.807, 2.05) is 62.5 Å². The number of thiazole rings is 1. The van der Waals surface area contributed by atoms with Crippen molar-refractivity contribution >= 4 is 58.6 Å². The normalized spacial score (nSPS) is 10.7. The van der Waals surface area contributed by atoms with Crippen molar-refractivity contribution in [2.24, 2.45) is 0 Å². The topological polar surface area (TPSA) is 66.0 Å². The first kappa shape index (κ1) is 21.3. The lowest BCUT2D eigenvalue weighted by Gasteiger charge is -2.13. The summed E-state index contributed by atoms with van der Waals surface area (Å²) in [4.78, 5) is 17.6. The number of nitrogens with one attached hydrogen (secondary N) is 3. The van der Waals surface area contributed by atoms with E-state index in [4.69, 9.17) is 12.2 Å². The van der Waals surface area contributed by atoms with E-state index in [0.717, 1.165) is 37.3 Å². The molecule has 0 unspecified atom stereocenters. The third-order valence-electron chi connectivity index (χ3n) is 3.90. The third-order valence-corrected chi connectivity index (χ3v) is 5.57. The lowest BCUT2D eigenvalue weighted by Crippen LogP contribution is -2.33. The minimum Gasteiger partial charge on any atom is -0.360 e. The van der Waals surface area contributed by atoms with E-state index in [1.54, 1.807) is 11.3 Å². The van der Waals surface area contributed by atoms with E-state index in [1.165, 1.54) is 6.92 Å². The fraction of sp³-hybridized carbons (Fsp3) is 0.190. The summed E-state index contributed by atoms with van der Waals surface area (Å²) in [5.41, 5.74) is 3.67. The van der Waals surface area contributed by atoms with Crippen LogP contribution in [0.3, 0.4) is 0 Å². The Bertz CT molecular complexity index is 1030. The number of anilines is 2. The van der Waals surface area contributed by atoms with Crippen LogP contribution in [-0.4, -0.2) is 22.0 Å². The van der Waals surface area contributed by atoms with Gasteiger partial charge in [-0.3, -0.25) is 4.79 Å². The minimum absolute atomic E-state index is 0.107. The molecule has 0 spiro atoms. The Kier molecular flexibility index (Phi) is 6.89. The summed E-state index contributed by atoms with van der Waals surface area (Å²) in [5.74, 6) is -0.107. The molecule has 0 fully saturated rings. The van der Waals surface area contributed by atoms with Gasteiger partial charge in [0.2, 0.25) is 5.91 Å². The molecular formula is C21H22N4OS3. The first-order valence-corrected chi connectivity index (χ1v) is 10.7. The summed E-state index contributed by atoms with van der Waals surface area (Å²) in [6, 6.07) is 13.9. The number of nitrogens with zero attached hydrogens (tertiary/aromatic N) is 1. The van der Waals surface area contributed by atoms with Crippen LogP contribution in [0.5, 0.6) is 0 Å². The Balaban J connectivity index is 1.74. The highest BCUT2D eigenvalue weighted by Crippen LogP contribution is 2.36. The van der Waals surface area contributed by atoms with E-state index >= 15 is 0 Å². The number of aromatic nitrogens is 1. The quantitative estimate of drug-likeness (QED) is 0.314. The van der Waals surface area contributed by atoms with Crippen molar-refractivity contribution in [3.05, 3.63) is 48.7 Å². The van der Waals surface area contributed by atoms with Crippen LogP contribution in [0.15, 0.2) is 53.6 Å². The Labute approximate surface area is 185 Å². The number of carbonyl (C=O) groups excluding carboxylic acids is 1. The molecule has 0 aliphatic heterocycles.